The van der Waals surface area contributed by atoms with Gasteiger partial charge in [0.15, 0.2) is 11.5 Å². The smallest absolute Gasteiger partial charge is 0.231 e. The van der Waals surface area contributed by atoms with Gasteiger partial charge in [-0.25, -0.2) is 4.98 Å². The third kappa shape index (κ3) is 2.57. The minimum absolute atomic E-state index is 0.180. The van der Waals surface area contributed by atoms with E-state index in [1.54, 1.807) is 0 Å². The van der Waals surface area contributed by atoms with Gasteiger partial charge in [-0.1, -0.05) is 46.3 Å². The number of halogens is 1. The topological polar surface area (TPSA) is 81.2 Å². The molecule has 0 amide bonds. The highest BCUT2D eigenvalue weighted by Crippen LogP contribution is 2.46. The number of hydrogen-bond donors (Lipinski definition) is 1. The fourth-order valence-corrected chi connectivity index (χ4v) is 3.70. The summed E-state index contributed by atoms with van der Waals surface area (Å²) in [5.74, 6) is 1.52. The van der Waals surface area contributed by atoms with Crippen molar-refractivity contribution in [1.82, 2.24) is 4.98 Å². The first-order valence-electron chi connectivity index (χ1n) is 7.95. The highest BCUT2D eigenvalue weighted by Gasteiger charge is 2.24. The van der Waals surface area contributed by atoms with Crippen molar-refractivity contribution in [2.24, 2.45) is 0 Å². The van der Waals surface area contributed by atoms with Gasteiger partial charge in [0, 0.05) is 26.9 Å². The number of benzene rings is 2. The summed E-state index contributed by atoms with van der Waals surface area (Å²) in [7, 11) is 0. The number of pyridine rings is 1. The van der Waals surface area contributed by atoms with E-state index in [4.69, 9.17) is 15.2 Å². The van der Waals surface area contributed by atoms with E-state index in [0.29, 0.717) is 17.1 Å². The third-order valence-corrected chi connectivity index (χ3v) is 4.97. The lowest BCUT2D eigenvalue weighted by Gasteiger charge is -2.17. The monoisotopic (exact) mass is 407 g/mol. The number of nitrogens with two attached hydrogens (primary N) is 1. The number of anilines is 1. The van der Waals surface area contributed by atoms with E-state index in [2.05, 4.69) is 27.0 Å². The summed E-state index contributed by atoms with van der Waals surface area (Å²) in [5.41, 5.74) is 10.5. The first-order chi connectivity index (χ1) is 12.6. The average Bonchev–Trinajstić information content (AvgIpc) is 3.08. The second-order valence-electron chi connectivity index (χ2n) is 5.87. The number of fused-ring (bicyclic) bond motifs is 1. The molecule has 1 aromatic heterocycles. The minimum Gasteiger partial charge on any atom is -0.454 e. The van der Waals surface area contributed by atoms with Crippen LogP contribution in [0.2, 0.25) is 0 Å². The molecule has 2 heterocycles. The lowest BCUT2D eigenvalue weighted by atomic mass is 9.90. The molecule has 6 heteroatoms. The molecule has 1 aliphatic rings. The minimum atomic E-state index is 0.180. The van der Waals surface area contributed by atoms with Crippen LogP contribution in [0.25, 0.3) is 22.3 Å². The van der Waals surface area contributed by atoms with Crippen molar-refractivity contribution in [3.63, 3.8) is 0 Å². The molecule has 0 saturated heterocycles. The molecule has 2 N–H and O–H groups in total. The summed E-state index contributed by atoms with van der Waals surface area (Å²) in [4.78, 5) is 4.39. The highest BCUT2D eigenvalue weighted by molar-refractivity contribution is 9.10. The molecule has 1 aliphatic heterocycles. The van der Waals surface area contributed by atoms with Gasteiger partial charge in [-0.05, 0) is 24.6 Å². The van der Waals surface area contributed by atoms with E-state index in [1.807, 2.05) is 49.4 Å². The molecule has 3 aromatic rings. The Labute approximate surface area is 159 Å². The second kappa shape index (κ2) is 6.36. The molecule has 2 aromatic carbocycles. The average molecular weight is 408 g/mol. The van der Waals surface area contributed by atoms with Gasteiger partial charge in [-0.3, -0.25) is 0 Å². The molecular weight excluding hydrogens is 394 g/mol. The Morgan fingerprint density at radius 2 is 1.81 bits per heavy atom. The SMILES string of the molecule is Cc1nc(N)c(C#N)c(-c2cc3c(cc2Br)OCO3)c1-c1ccccc1. The van der Waals surface area contributed by atoms with E-state index in [1.165, 1.54) is 0 Å². The van der Waals surface area contributed by atoms with Gasteiger partial charge in [0.1, 0.15) is 17.5 Å². The fraction of sp³-hybridized carbons (Fsp3) is 0.100. The first-order valence-corrected chi connectivity index (χ1v) is 8.74. The zero-order valence-electron chi connectivity index (χ0n) is 13.9. The van der Waals surface area contributed by atoms with Gasteiger partial charge >= 0.3 is 0 Å². The maximum atomic E-state index is 9.77. The van der Waals surface area contributed by atoms with Crippen LogP contribution in [0.3, 0.4) is 0 Å². The molecule has 0 atom stereocenters. The van der Waals surface area contributed by atoms with Gasteiger partial charge in [0.2, 0.25) is 6.79 Å². The molecule has 26 heavy (non-hydrogen) atoms. The van der Waals surface area contributed by atoms with Crippen LogP contribution < -0.4 is 15.2 Å². The maximum Gasteiger partial charge on any atom is 0.231 e. The lowest BCUT2D eigenvalue weighted by molar-refractivity contribution is 0.174. The molecule has 0 spiro atoms. The third-order valence-electron chi connectivity index (χ3n) is 4.31. The number of rotatable bonds is 2. The van der Waals surface area contributed by atoms with Crippen LogP contribution in [-0.2, 0) is 0 Å². The summed E-state index contributed by atoms with van der Waals surface area (Å²) >= 11 is 3.60. The number of ether oxygens (including phenoxy) is 2. The molecule has 5 nitrogen and oxygen atoms in total. The first kappa shape index (κ1) is 16.4. The number of aromatic nitrogens is 1. The fourth-order valence-electron chi connectivity index (χ4n) is 3.18. The van der Waals surface area contributed by atoms with Gasteiger partial charge < -0.3 is 15.2 Å². The summed E-state index contributed by atoms with van der Waals surface area (Å²) in [5, 5.41) is 9.77. The van der Waals surface area contributed by atoms with Crippen LogP contribution in [-0.4, -0.2) is 11.8 Å². The Morgan fingerprint density at radius 3 is 2.50 bits per heavy atom. The van der Waals surface area contributed by atoms with Crippen LogP contribution in [0.15, 0.2) is 46.9 Å². The van der Waals surface area contributed by atoms with Crippen molar-refractivity contribution in [3.8, 4) is 39.8 Å². The summed E-state index contributed by atoms with van der Waals surface area (Å²) < 4.78 is 11.7. The van der Waals surface area contributed by atoms with E-state index >= 15 is 0 Å². The standard InChI is InChI=1S/C20H14BrN3O2/c1-11-18(12-5-3-2-4-6-12)19(14(9-22)20(23)24-11)13-7-16-17(8-15(13)21)26-10-25-16/h2-8H,10H2,1H3,(H2,23,24). The number of nitriles is 1. The molecule has 0 unspecified atom stereocenters. The maximum absolute atomic E-state index is 9.77. The predicted molar refractivity (Wildman–Crippen MR) is 103 cm³/mol. The number of aryl methyl sites for hydroxylation is 1. The zero-order valence-corrected chi connectivity index (χ0v) is 15.5. The molecule has 0 aliphatic carbocycles. The quantitative estimate of drug-likeness (QED) is 0.667. The Kier molecular flexibility index (Phi) is 4.02. The Hall–Kier alpha value is -3.04. The Bertz CT molecular complexity index is 1060. The summed E-state index contributed by atoms with van der Waals surface area (Å²) in [6.45, 7) is 2.07. The van der Waals surface area contributed by atoms with E-state index in [9.17, 15) is 5.26 Å². The molecule has 4 rings (SSSR count). The summed E-state index contributed by atoms with van der Waals surface area (Å²) in [6.07, 6.45) is 0. The van der Waals surface area contributed by atoms with Crippen molar-refractivity contribution in [2.45, 2.75) is 6.92 Å². The van der Waals surface area contributed by atoms with Gasteiger partial charge in [-0.15, -0.1) is 0 Å². The largest absolute Gasteiger partial charge is 0.454 e. The molecular formula is C20H14BrN3O2. The Balaban J connectivity index is 2.09. The van der Waals surface area contributed by atoms with Crippen molar-refractivity contribution < 1.29 is 9.47 Å². The van der Waals surface area contributed by atoms with Crippen molar-refractivity contribution in [3.05, 3.63) is 58.2 Å². The molecule has 0 radical (unpaired) electrons. The van der Waals surface area contributed by atoms with Crippen LogP contribution in [0.1, 0.15) is 11.3 Å². The highest BCUT2D eigenvalue weighted by atomic mass is 79.9. The molecule has 128 valence electrons. The van der Waals surface area contributed by atoms with Crippen LogP contribution in [0.5, 0.6) is 11.5 Å². The number of nitrogen functional groups attached to an aromatic ring is 1. The van der Waals surface area contributed by atoms with Gasteiger partial charge in [0.25, 0.3) is 0 Å². The summed E-state index contributed by atoms with van der Waals surface area (Å²) in [6, 6.07) is 15.8. The lowest BCUT2D eigenvalue weighted by Crippen LogP contribution is -2.03. The van der Waals surface area contributed by atoms with Crippen molar-refractivity contribution >= 4 is 21.7 Å². The normalized spacial score (nSPS) is 12.0. The Morgan fingerprint density at radius 1 is 1.12 bits per heavy atom. The van der Waals surface area contributed by atoms with E-state index in [-0.39, 0.29) is 12.6 Å². The van der Waals surface area contributed by atoms with Gasteiger partial charge in [-0.2, -0.15) is 5.26 Å². The predicted octanol–water partition coefficient (Wildman–Crippen LogP) is 4.67. The van der Waals surface area contributed by atoms with E-state index < -0.39 is 0 Å². The van der Waals surface area contributed by atoms with Crippen molar-refractivity contribution in [1.29, 1.82) is 5.26 Å². The molecule has 0 fully saturated rings. The van der Waals surface area contributed by atoms with Crippen LogP contribution >= 0.6 is 15.9 Å². The van der Waals surface area contributed by atoms with Crippen LogP contribution in [0, 0.1) is 18.3 Å². The van der Waals surface area contributed by atoms with Crippen LogP contribution in [0.4, 0.5) is 5.82 Å². The van der Waals surface area contributed by atoms with E-state index in [0.717, 1.165) is 32.4 Å². The number of hydrogen-bond acceptors (Lipinski definition) is 5. The molecule has 0 bridgehead atoms. The van der Waals surface area contributed by atoms with Gasteiger partial charge in [0.05, 0.1) is 0 Å². The molecule has 0 saturated carbocycles. The second-order valence-corrected chi connectivity index (χ2v) is 6.72. The van der Waals surface area contributed by atoms with Crippen molar-refractivity contribution in [2.75, 3.05) is 12.5 Å². The number of nitrogens with zero attached hydrogens (tertiary/aromatic N) is 2. The zero-order chi connectivity index (χ0) is 18.3.